The van der Waals surface area contributed by atoms with E-state index in [1.807, 2.05) is 17.1 Å². The van der Waals surface area contributed by atoms with Crippen molar-refractivity contribution >= 4 is 28.4 Å². The zero-order chi connectivity index (χ0) is 24.4. The lowest BCUT2D eigenvalue weighted by Crippen LogP contribution is -2.36. The first-order chi connectivity index (χ1) is 16.9. The van der Waals surface area contributed by atoms with Gasteiger partial charge in [0.25, 0.3) is 0 Å². The standard InChI is InChI=1S/C24H27F3N6O2/c1-17-4-2-5-18(14-17)19-6-3-7-33(30-19)21-15-20(31-8-11-34-12-9-31)22-23(29-21)32(16-28-22)10-13-35-24(25,26)27/h2,4-5,14-16H,3,6-13H2,1H3. The van der Waals surface area contributed by atoms with E-state index in [0.717, 1.165) is 29.8 Å². The van der Waals surface area contributed by atoms with Gasteiger partial charge < -0.3 is 14.2 Å². The number of benzene rings is 1. The molecule has 5 rings (SSSR count). The smallest absolute Gasteiger partial charge is 0.378 e. The first kappa shape index (κ1) is 23.6. The predicted octanol–water partition coefficient (Wildman–Crippen LogP) is 4.12. The van der Waals surface area contributed by atoms with E-state index in [-0.39, 0.29) is 6.54 Å². The summed E-state index contributed by atoms with van der Waals surface area (Å²) in [7, 11) is 0. The summed E-state index contributed by atoms with van der Waals surface area (Å²) in [5, 5.41) is 6.79. The maximum absolute atomic E-state index is 12.5. The molecule has 0 aliphatic carbocycles. The SMILES string of the molecule is Cc1cccc(C2=NN(c3cc(N4CCOCC4)c4ncn(CCOC(F)(F)F)c4n3)CCC2)c1. The Labute approximate surface area is 201 Å². The molecule has 1 aromatic carbocycles. The summed E-state index contributed by atoms with van der Waals surface area (Å²) >= 11 is 0. The van der Waals surface area contributed by atoms with Crippen molar-refractivity contribution in [2.24, 2.45) is 5.10 Å². The maximum Gasteiger partial charge on any atom is 0.522 e. The van der Waals surface area contributed by atoms with E-state index < -0.39 is 13.0 Å². The van der Waals surface area contributed by atoms with Crippen LogP contribution in [0.5, 0.6) is 0 Å². The van der Waals surface area contributed by atoms with Gasteiger partial charge in [-0.3, -0.25) is 4.74 Å². The minimum absolute atomic E-state index is 0.0210. The average molecular weight is 489 g/mol. The molecular weight excluding hydrogens is 461 g/mol. The van der Waals surface area contributed by atoms with Gasteiger partial charge in [0.15, 0.2) is 11.5 Å². The molecule has 8 nitrogen and oxygen atoms in total. The third kappa shape index (κ3) is 5.40. The van der Waals surface area contributed by atoms with Crippen molar-refractivity contribution in [1.29, 1.82) is 0 Å². The number of hydrazone groups is 1. The molecule has 2 aliphatic heterocycles. The van der Waals surface area contributed by atoms with Gasteiger partial charge >= 0.3 is 6.36 Å². The number of imidazole rings is 1. The lowest BCUT2D eigenvalue weighted by Gasteiger charge is -2.30. The molecular formula is C24H27F3N6O2. The molecule has 3 aromatic rings. The molecule has 2 aromatic heterocycles. The number of rotatable bonds is 6. The van der Waals surface area contributed by atoms with Gasteiger partial charge in [-0.2, -0.15) is 5.10 Å². The van der Waals surface area contributed by atoms with Crippen LogP contribution in [0.2, 0.25) is 0 Å². The summed E-state index contributed by atoms with van der Waals surface area (Å²) in [6.45, 7) is 4.79. The number of pyridine rings is 1. The van der Waals surface area contributed by atoms with Gasteiger partial charge in [0, 0.05) is 32.2 Å². The molecule has 2 aliphatic rings. The zero-order valence-corrected chi connectivity index (χ0v) is 19.5. The average Bonchev–Trinajstić information content (AvgIpc) is 3.26. The molecule has 0 radical (unpaired) electrons. The largest absolute Gasteiger partial charge is 0.522 e. The van der Waals surface area contributed by atoms with Crippen molar-refractivity contribution in [3.05, 3.63) is 47.8 Å². The van der Waals surface area contributed by atoms with Gasteiger partial charge in [0.05, 0.1) is 37.5 Å². The summed E-state index contributed by atoms with van der Waals surface area (Å²) < 4.78 is 48.6. The number of aromatic nitrogens is 3. The summed E-state index contributed by atoms with van der Waals surface area (Å²) in [4.78, 5) is 11.5. The fourth-order valence-corrected chi connectivity index (χ4v) is 4.44. The second-order valence-electron chi connectivity index (χ2n) is 8.65. The maximum atomic E-state index is 12.5. The quantitative estimate of drug-likeness (QED) is 0.520. The molecule has 4 heterocycles. The lowest BCUT2D eigenvalue weighted by atomic mass is 10.0. The Bertz CT molecular complexity index is 1220. The number of halogens is 3. The fourth-order valence-electron chi connectivity index (χ4n) is 4.44. The highest BCUT2D eigenvalue weighted by atomic mass is 19.4. The number of nitrogens with zero attached hydrogens (tertiary/aromatic N) is 6. The molecule has 0 spiro atoms. The van der Waals surface area contributed by atoms with Crippen molar-refractivity contribution in [3.8, 4) is 0 Å². The number of ether oxygens (including phenoxy) is 2. The molecule has 0 unspecified atom stereocenters. The van der Waals surface area contributed by atoms with Crippen LogP contribution in [0.3, 0.4) is 0 Å². The van der Waals surface area contributed by atoms with Crippen molar-refractivity contribution < 1.29 is 22.6 Å². The number of hydrogen-bond donors (Lipinski definition) is 0. The van der Waals surface area contributed by atoms with Crippen molar-refractivity contribution in [2.45, 2.75) is 32.7 Å². The Morgan fingerprint density at radius 3 is 2.71 bits per heavy atom. The second-order valence-corrected chi connectivity index (χ2v) is 8.65. The highest BCUT2D eigenvalue weighted by molar-refractivity contribution is 6.01. The van der Waals surface area contributed by atoms with Crippen molar-refractivity contribution in [2.75, 3.05) is 49.4 Å². The monoisotopic (exact) mass is 488 g/mol. The van der Waals surface area contributed by atoms with Crippen LogP contribution < -0.4 is 9.91 Å². The molecule has 11 heteroatoms. The van der Waals surface area contributed by atoms with E-state index in [4.69, 9.17) is 14.8 Å². The number of aryl methyl sites for hydroxylation is 1. The van der Waals surface area contributed by atoms with E-state index >= 15 is 0 Å². The number of alkyl halides is 3. The topological polar surface area (TPSA) is 68.0 Å². The second kappa shape index (κ2) is 9.82. The van der Waals surface area contributed by atoms with Gasteiger partial charge in [-0.25, -0.2) is 15.0 Å². The Morgan fingerprint density at radius 1 is 1.11 bits per heavy atom. The summed E-state index contributed by atoms with van der Waals surface area (Å²) in [5.41, 5.74) is 5.26. The lowest BCUT2D eigenvalue weighted by molar-refractivity contribution is -0.325. The van der Waals surface area contributed by atoms with Crippen LogP contribution >= 0.6 is 0 Å². The molecule has 1 fully saturated rings. The summed E-state index contributed by atoms with van der Waals surface area (Å²) in [6.07, 6.45) is -1.38. The molecule has 0 amide bonds. The molecule has 0 saturated carbocycles. The van der Waals surface area contributed by atoms with Crippen molar-refractivity contribution in [1.82, 2.24) is 14.5 Å². The van der Waals surface area contributed by atoms with Crippen LogP contribution in [0.1, 0.15) is 24.0 Å². The number of morpholine rings is 1. The van der Waals surface area contributed by atoms with E-state index in [0.29, 0.717) is 49.8 Å². The van der Waals surface area contributed by atoms with Gasteiger partial charge in [0.2, 0.25) is 0 Å². The van der Waals surface area contributed by atoms with Crippen LogP contribution in [0.25, 0.3) is 11.2 Å². The first-order valence-corrected chi connectivity index (χ1v) is 11.7. The Kier molecular flexibility index (Phi) is 6.61. The van der Waals surface area contributed by atoms with Crippen LogP contribution in [0.15, 0.2) is 41.8 Å². The molecule has 1 saturated heterocycles. The summed E-state index contributed by atoms with van der Waals surface area (Å²) in [6, 6.07) is 10.2. The fraction of sp³-hybridized carbons (Fsp3) is 0.458. The molecule has 35 heavy (non-hydrogen) atoms. The molecule has 0 N–H and O–H groups in total. The van der Waals surface area contributed by atoms with Gasteiger partial charge in [-0.05, 0) is 25.3 Å². The Balaban J connectivity index is 1.52. The zero-order valence-electron chi connectivity index (χ0n) is 19.5. The van der Waals surface area contributed by atoms with Gasteiger partial charge in [0.1, 0.15) is 5.52 Å². The predicted molar refractivity (Wildman–Crippen MR) is 127 cm³/mol. The van der Waals surface area contributed by atoms with E-state index in [1.165, 1.54) is 11.9 Å². The molecule has 186 valence electrons. The van der Waals surface area contributed by atoms with Crippen LogP contribution in [-0.2, 0) is 16.0 Å². The Hall–Kier alpha value is -3.18. The Morgan fingerprint density at radius 2 is 1.94 bits per heavy atom. The van der Waals surface area contributed by atoms with Gasteiger partial charge in [-0.1, -0.05) is 29.8 Å². The van der Waals surface area contributed by atoms with E-state index in [1.54, 1.807) is 4.57 Å². The highest BCUT2D eigenvalue weighted by Crippen LogP contribution is 2.31. The number of anilines is 2. The third-order valence-electron chi connectivity index (χ3n) is 6.13. The minimum atomic E-state index is -4.68. The van der Waals surface area contributed by atoms with E-state index in [2.05, 4.69) is 39.7 Å². The van der Waals surface area contributed by atoms with Crippen LogP contribution in [0, 0.1) is 6.92 Å². The van der Waals surface area contributed by atoms with Gasteiger partial charge in [-0.15, -0.1) is 13.2 Å². The first-order valence-electron chi connectivity index (χ1n) is 11.7. The number of hydrogen-bond acceptors (Lipinski definition) is 7. The highest BCUT2D eigenvalue weighted by Gasteiger charge is 2.29. The van der Waals surface area contributed by atoms with Crippen molar-refractivity contribution in [3.63, 3.8) is 0 Å². The number of fused-ring (bicyclic) bond motifs is 1. The normalized spacial score (nSPS) is 17.2. The summed E-state index contributed by atoms with van der Waals surface area (Å²) in [5.74, 6) is 0.641. The molecule has 0 bridgehead atoms. The van der Waals surface area contributed by atoms with E-state index in [9.17, 15) is 13.2 Å². The minimum Gasteiger partial charge on any atom is -0.378 e. The molecule has 0 atom stereocenters. The third-order valence-corrected chi connectivity index (χ3v) is 6.13. The van der Waals surface area contributed by atoms with Crippen LogP contribution in [-0.4, -0.2) is 66.1 Å². The van der Waals surface area contributed by atoms with Crippen LogP contribution in [0.4, 0.5) is 24.7 Å².